The molecule has 0 atom stereocenters. The van der Waals surface area contributed by atoms with Crippen molar-refractivity contribution in [2.45, 2.75) is 37.0 Å². The minimum Gasteiger partial charge on any atom is -0.478 e. The van der Waals surface area contributed by atoms with E-state index < -0.39 is 5.97 Å². The second-order valence-corrected chi connectivity index (χ2v) is 6.35. The van der Waals surface area contributed by atoms with Crippen LogP contribution in [0, 0.1) is 0 Å². The molecular formula is C14H17N3O2S. The number of aromatic carboxylic acids is 1. The van der Waals surface area contributed by atoms with Crippen molar-refractivity contribution in [3.05, 3.63) is 23.8 Å². The van der Waals surface area contributed by atoms with E-state index in [9.17, 15) is 4.79 Å². The molecule has 0 bridgehead atoms. The number of fused-ring (bicyclic) bond motifs is 1. The fourth-order valence-corrected chi connectivity index (χ4v) is 3.61. The van der Waals surface area contributed by atoms with Crippen LogP contribution in [0.25, 0.3) is 11.0 Å². The van der Waals surface area contributed by atoms with Gasteiger partial charge in [0.2, 0.25) is 0 Å². The van der Waals surface area contributed by atoms with E-state index in [1.807, 2.05) is 16.4 Å². The van der Waals surface area contributed by atoms with Crippen LogP contribution in [0.3, 0.4) is 0 Å². The van der Waals surface area contributed by atoms with Gasteiger partial charge in [0.25, 0.3) is 0 Å². The van der Waals surface area contributed by atoms with Gasteiger partial charge >= 0.3 is 5.97 Å². The molecule has 1 aromatic carbocycles. The number of carbonyl (C=O) groups is 1. The number of hydrogen-bond donors (Lipinski definition) is 1. The van der Waals surface area contributed by atoms with Crippen molar-refractivity contribution in [2.75, 3.05) is 6.26 Å². The standard InChI is InChI=1S/C14H17N3O2S/c1-20-11-5-3-10(4-6-11)17-13-8-9(14(18)19)2-7-12(13)15-16-17/h2,7-8,10-11H,3-6H2,1H3,(H,18,19). The van der Waals surface area contributed by atoms with Crippen molar-refractivity contribution in [1.82, 2.24) is 15.0 Å². The molecule has 0 unspecified atom stereocenters. The van der Waals surface area contributed by atoms with Gasteiger partial charge in [0.1, 0.15) is 5.52 Å². The SMILES string of the molecule is CSC1CCC(n2nnc3ccc(C(=O)O)cc32)CC1. The lowest BCUT2D eigenvalue weighted by Gasteiger charge is -2.27. The molecule has 5 nitrogen and oxygen atoms in total. The summed E-state index contributed by atoms with van der Waals surface area (Å²) in [5, 5.41) is 18.2. The van der Waals surface area contributed by atoms with Crippen LogP contribution in [0.1, 0.15) is 42.1 Å². The number of carboxylic acids is 1. The van der Waals surface area contributed by atoms with Gasteiger partial charge in [-0.15, -0.1) is 5.10 Å². The van der Waals surface area contributed by atoms with E-state index in [0.29, 0.717) is 11.6 Å². The van der Waals surface area contributed by atoms with Gasteiger partial charge in [-0.1, -0.05) is 5.21 Å². The van der Waals surface area contributed by atoms with Gasteiger partial charge in [-0.05, 0) is 50.1 Å². The summed E-state index contributed by atoms with van der Waals surface area (Å²) >= 11 is 1.93. The van der Waals surface area contributed by atoms with Crippen molar-refractivity contribution < 1.29 is 9.90 Å². The number of hydrogen-bond acceptors (Lipinski definition) is 4. The van der Waals surface area contributed by atoms with Crippen LogP contribution in [0.4, 0.5) is 0 Å². The zero-order valence-corrected chi connectivity index (χ0v) is 12.1. The molecule has 6 heteroatoms. The zero-order chi connectivity index (χ0) is 14.1. The van der Waals surface area contributed by atoms with Crippen molar-refractivity contribution in [3.63, 3.8) is 0 Å². The Morgan fingerprint density at radius 3 is 2.75 bits per heavy atom. The molecule has 0 saturated heterocycles. The van der Waals surface area contributed by atoms with Gasteiger partial charge in [-0.2, -0.15) is 11.8 Å². The van der Waals surface area contributed by atoms with Crippen LogP contribution in [0.2, 0.25) is 0 Å². The quantitative estimate of drug-likeness (QED) is 0.941. The highest BCUT2D eigenvalue weighted by atomic mass is 32.2. The van der Waals surface area contributed by atoms with E-state index in [0.717, 1.165) is 29.1 Å². The molecule has 0 radical (unpaired) electrons. The van der Waals surface area contributed by atoms with Crippen LogP contribution >= 0.6 is 11.8 Å². The highest BCUT2D eigenvalue weighted by molar-refractivity contribution is 7.99. The Hall–Kier alpha value is -1.56. The zero-order valence-electron chi connectivity index (χ0n) is 11.3. The predicted molar refractivity (Wildman–Crippen MR) is 79.3 cm³/mol. The first kappa shape index (κ1) is 13.4. The Kier molecular flexibility index (Phi) is 3.65. The van der Waals surface area contributed by atoms with Crippen molar-refractivity contribution in [3.8, 4) is 0 Å². The third kappa shape index (κ3) is 2.40. The van der Waals surface area contributed by atoms with E-state index in [-0.39, 0.29) is 0 Å². The summed E-state index contributed by atoms with van der Waals surface area (Å²) in [6.07, 6.45) is 6.70. The summed E-state index contributed by atoms with van der Waals surface area (Å²) in [7, 11) is 0. The van der Waals surface area contributed by atoms with Crippen LogP contribution in [-0.4, -0.2) is 37.6 Å². The van der Waals surface area contributed by atoms with E-state index in [2.05, 4.69) is 16.6 Å². The highest BCUT2D eigenvalue weighted by Gasteiger charge is 2.24. The molecule has 1 aliphatic rings. The first-order valence-electron chi connectivity index (χ1n) is 6.80. The van der Waals surface area contributed by atoms with Gasteiger partial charge in [-0.3, -0.25) is 0 Å². The van der Waals surface area contributed by atoms with Crippen molar-refractivity contribution in [2.24, 2.45) is 0 Å². The highest BCUT2D eigenvalue weighted by Crippen LogP contribution is 2.34. The summed E-state index contributed by atoms with van der Waals surface area (Å²) in [5.41, 5.74) is 1.89. The molecule has 0 amide bonds. The lowest BCUT2D eigenvalue weighted by molar-refractivity contribution is 0.0697. The number of rotatable bonds is 3. The smallest absolute Gasteiger partial charge is 0.335 e. The fourth-order valence-electron chi connectivity index (χ4n) is 2.86. The first-order chi connectivity index (χ1) is 9.69. The Balaban J connectivity index is 1.91. The number of aromatic nitrogens is 3. The fraction of sp³-hybridized carbons (Fsp3) is 0.500. The summed E-state index contributed by atoms with van der Waals surface area (Å²) in [4.78, 5) is 11.1. The molecule has 106 valence electrons. The average molecular weight is 291 g/mol. The summed E-state index contributed by atoms with van der Waals surface area (Å²) < 4.78 is 1.92. The minimum atomic E-state index is -0.911. The summed E-state index contributed by atoms with van der Waals surface area (Å²) in [6.45, 7) is 0. The molecule has 3 rings (SSSR count). The maximum atomic E-state index is 11.1. The third-order valence-corrected chi connectivity index (χ3v) is 5.18. The van der Waals surface area contributed by atoms with E-state index in [1.54, 1.807) is 18.2 Å². The number of benzene rings is 1. The number of thioether (sulfide) groups is 1. The number of carboxylic acid groups (broad SMARTS) is 1. The van der Waals surface area contributed by atoms with Gasteiger partial charge in [0.05, 0.1) is 17.1 Å². The molecule has 0 aliphatic heterocycles. The van der Waals surface area contributed by atoms with Gasteiger partial charge in [0.15, 0.2) is 0 Å². The molecule has 0 spiro atoms. The van der Waals surface area contributed by atoms with Gasteiger partial charge in [0, 0.05) is 5.25 Å². The summed E-state index contributed by atoms with van der Waals surface area (Å²) in [5.74, 6) is -0.911. The molecule has 1 saturated carbocycles. The van der Waals surface area contributed by atoms with Crippen LogP contribution in [0.15, 0.2) is 18.2 Å². The van der Waals surface area contributed by atoms with Crippen molar-refractivity contribution >= 4 is 28.8 Å². The third-order valence-electron chi connectivity index (χ3n) is 4.04. The predicted octanol–water partition coefficient (Wildman–Crippen LogP) is 2.98. The molecule has 1 aromatic heterocycles. The minimum absolute atomic E-state index is 0.291. The lowest BCUT2D eigenvalue weighted by Crippen LogP contribution is -2.20. The van der Waals surface area contributed by atoms with Crippen LogP contribution in [-0.2, 0) is 0 Å². The molecule has 1 fully saturated rings. The number of nitrogens with zero attached hydrogens (tertiary/aromatic N) is 3. The monoisotopic (exact) mass is 291 g/mol. The van der Waals surface area contributed by atoms with E-state index in [1.165, 1.54) is 12.8 Å². The van der Waals surface area contributed by atoms with E-state index in [4.69, 9.17) is 5.11 Å². The topological polar surface area (TPSA) is 68.0 Å². The van der Waals surface area contributed by atoms with Gasteiger partial charge < -0.3 is 5.11 Å². The maximum absolute atomic E-state index is 11.1. The van der Waals surface area contributed by atoms with Gasteiger partial charge in [-0.25, -0.2) is 9.48 Å². The molecular weight excluding hydrogens is 274 g/mol. The second-order valence-electron chi connectivity index (χ2n) is 5.21. The molecule has 1 aliphatic carbocycles. The first-order valence-corrected chi connectivity index (χ1v) is 8.09. The summed E-state index contributed by atoms with van der Waals surface area (Å²) in [6, 6.07) is 5.33. The largest absolute Gasteiger partial charge is 0.478 e. The maximum Gasteiger partial charge on any atom is 0.335 e. The molecule has 2 aromatic rings. The Labute approximate surface area is 121 Å². The van der Waals surface area contributed by atoms with E-state index >= 15 is 0 Å². The molecule has 1 heterocycles. The average Bonchev–Trinajstić information content (AvgIpc) is 2.90. The molecule has 1 N–H and O–H groups in total. The second kappa shape index (κ2) is 5.44. The Morgan fingerprint density at radius 1 is 1.35 bits per heavy atom. The Bertz CT molecular complexity index is 632. The van der Waals surface area contributed by atoms with Crippen LogP contribution in [0.5, 0.6) is 0 Å². The van der Waals surface area contributed by atoms with Crippen LogP contribution < -0.4 is 0 Å². The van der Waals surface area contributed by atoms with Crippen molar-refractivity contribution in [1.29, 1.82) is 0 Å². The Morgan fingerprint density at radius 2 is 2.10 bits per heavy atom. The lowest BCUT2D eigenvalue weighted by atomic mass is 9.95. The molecule has 20 heavy (non-hydrogen) atoms. The normalized spacial score (nSPS) is 23.1.